The Hall–Kier alpha value is -1.96. The highest BCUT2D eigenvalue weighted by atomic mass is 32.2. The second-order valence-electron chi connectivity index (χ2n) is 6.74. The van der Waals surface area contributed by atoms with Gasteiger partial charge in [0.05, 0.1) is 17.1 Å². The van der Waals surface area contributed by atoms with Gasteiger partial charge in [-0.15, -0.1) is 10.2 Å². The number of aryl methyl sites for hydroxylation is 1. The minimum atomic E-state index is -0.132. The van der Waals surface area contributed by atoms with E-state index < -0.39 is 0 Å². The zero-order chi connectivity index (χ0) is 16.8. The lowest BCUT2D eigenvalue weighted by atomic mass is 10.1. The van der Waals surface area contributed by atoms with Crippen molar-refractivity contribution in [2.45, 2.75) is 63.3 Å². The van der Waals surface area contributed by atoms with Crippen LogP contribution in [-0.2, 0) is 5.54 Å². The molecule has 3 aromatic rings. The van der Waals surface area contributed by atoms with Crippen LogP contribution >= 0.6 is 11.8 Å². The van der Waals surface area contributed by atoms with Crippen molar-refractivity contribution in [3.63, 3.8) is 0 Å². The van der Waals surface area contributed by atoms with Gasteiger partial charge in [-0.25, -0.2) is 14.6 Å². The molecular formula is C15H21N7S. The van der Waals surface area contributed by atoms with Gasteiger partial charge in [0.25, 0.3) is 0 Å². The summed E-state index contributed by atoms with van der Waals surface area (Å²) in [5, 5.41) is 15.6. The van der Waals surface area contributed by atoms with Crippen LogP contribution < -0.4 is 0 Å². The lowest BCUT2D eigenvalue weighted by Crippen LogP contribution is -2.23. The zero-order valence-corrected chi connectivity index (χ0v) is 15.1. The summed E-state index contributed by atoms with van der Waals surface area (Å²) in [6.07, 6.45) is 3.41. The van der Waals surface area contributed by atoms with Gasteiger partial charge in [-0.3, -0.25) is 0 Å². The van der Waals surface area contributed by atoms with Crippen molar-refractivity contribution in [1.29, 1.82) is 0 Å². The Labute approximate surface area is 139 Å². The third kappa shape index (κ3) is 2.83. The first-order valence-corrected chi connectivity index (χ1v) is 8.39. The molecule has 3 heterocycles. The fourth-order valence-electron chi connectivity index (χ4n) is 2.50. The summed E-state index contributed by atoms with van der Waals surface area (Å²) in [6.45, 7) is 12.5. The van der Waals surface area contributed by atoms with Crippen LogP contribution in [0, 0.1) is 6.92 Å². The SMILES string of the molecule is Cc1nnc(Sc2ncnc3c2cnn3C(C)(C)C)n1C(C)C. The average molecular weight is 331 g/mol. The molecule has 0 aliphatic carbocycles. The van der Waals surface area contributed by atoms with E-state index in [-0.39, 0.29) is 5.54 Å². The van der Waals surface area contributed by atoms with E-state index in [0.717, 1.165) is 27.0 Å². The molecule has 8 heteroatoms. The maximum atomic E-state index is 4.49. The Kier molecular flexibility index (Phi) is 3.87. The molecule has 0 saturated heterocycles. The molecule has 7 nitrogen and oxygen atoms in total. The van der Waals surface area contributed by atoms with Crippen molar-refractivity contribution in [2.24, 2.45) is 0 Å². The van der Waals surface area contributed by atoms with Crippen molar-refractivity contribution in [3.8, 4) is 0 Å². The smallest absolute Gasteiger partial charge is 0.197 e. The summed E-state index contributed by atoms with van der Waals surface area (Å²) in [5.41, 5.74) is 0.703. The topological polar surface area (TPSA) is 74.3 Å². The Morgan fingerprint density at radius 1 is 1.13 bits per heavy atom. The molecular weight excluding hydrogens is 310 g/mol. The van der Waals surface area contributed by atoms with Crippen molar-refractivity contribution < 1.29 is 0 Å². The molecule has 0 radical (unpaired) electrons. The van der Waals surface area contributed by atoms with Gasteiger partial charge in [0, 0.05) is 6.04 Å². The maximum Gasteiger partial charge on any atom is 0.197 e. The van der Waals surface area contributed by atoms with Crippen LogP contribution in [0.4, 0.5) is 0 Å². The van der Waals surface area contributed by atoms with E-state index in [1.165, 1.54) is 11.8 Å². The van der Waals surface area contributed by atoms with Crippen LogP contribution in [0.25, 0.3) is 11.0 Å². The van der Waals surface area contributed by atoms with Crippen LogP contribution in [0.5, 0.6) is 0 Å². The first-order chi connectivity index (χ1) is 10.8. The van der Waals surface area contributed by atoms with Gasteiger partial charge in [0.2, 0.25) is 0 Å². The highest BCUT2D eigenvalue weighted by Crippen LogP contribution is 2.32. The van der Waals surface area contributed by atoms with Crippen molar-refractivity contribution in [2.75, 3.05) is 0 Å². The van der Waals surface area contributed by atoms with Gasteiger partial charge < -0.3 is 4.57 Å². The average Bonchev–Trinajstić information content (AvgIpc) is 3.02. The Morgan fingerprint density at radius 3 is 2.52 bits per heavy atom. The standard InChI is InChI=1S/C15H21N7S/c1-9(2)21-10(3)19-20-14(21)23-13-11-7-18-22(15(4,5)6)12(11)16-8-17-13/h7-9H,1-6H3. The highest BCUT2D eigenvalue weighted by molar-refractivity contribution is 7.99. The number of hydrogen-bond acceptors (Lipinski definition) is 6. The van der Waals surface area contributed by atoms with Crippen molar-refractivity contribution >= 4 is 22.8 Å². The van der Waals surface area contributed by atoms with Gasteiger partial charge in [-0.2, -0.15) is 5.10 Å². The Bertz CT molecular complexity index is 841. The van der Waals surface area contributed by atoms with Crippen molar-refractivity contribution in [1.82, 2.24) is 34.5 Å². The minimum absolute atomic E-state index is 0.132. The molecule has 0 bridgehead atoms. The molecule has 0 spiro atoms. The van der Waals surface area contributed by atoms with E-state index in [1.807, 2.05) is 17.8 Å². The molecule has 0 aliphatic heterocycles. The van der Waals surface area contributed by atoms with Crippen LogP contribution in [0.2, 0.25) is 0 Å². The number of hydrogen-bond donors (Lipinski definition) is 0. The number of aromatic nitrogens is 7. The van der Waals surface area contributed by atoms with Crippen molar-refractivity contribution in [3.05, 3.63) is 18.3 Å². The molecule has 0 aromatic carbocycles. The van der Waals surface area contributed by atoms with E-state index in [0.29, 0.717) is 6.04 Å². The first-order valence-electron chi connectivity index (χ1n) is 7.57. The summed E-state index contributed by atoms with van der Waals surface area (Å²) in [5.74, 6) is 0.901. The third-order valence-corrected chi connectivity index (χ3v) is 4.48. The summed E-state index contributed by atoms with van der Waals surface area (Å²) in [6, 6.07) is 0.294. The molecule has 0 N–H and O–H groups in total. The predicted octanol–water partition coefficient (Wildman–Crippen LogP) is 3.21. The Balaban J connectivity index is 2.07. The van der Waals surface area contributed by atoms with Gasteiger partial charge in [-0.05, 0) is 53.3 Å². The number of fused-ring (bicyclic) bond motifs is 1. The van der Waals surface area contributed by atoms with Gasteiger partial charge in [-0.1, -0.05) is 0 Å². The van der Waals surface area contributed by atoms with Gasteiger partial charge in [0.1, 0.15) is 17.2 Å². The van der Waals surface area contributed by atoms with Gasteiger partial charge >= 0.3 is 0 Å². The van der Waals surface area contributed by atoms with E-state index in [9.17, 15) is 0 Å². The fraction of sp³-hybridized carbons (Fsp3) is 0.533. The van der Waals surface area contributed by atoms with Crippen LogP contribution in [0.15, 0.2) is 22.7 Å². The van der Waals surface area contributed by atoms with E-state index in [4.69, 9.17) is 0 Å². The molecule has 0 aliphatic rings. The quantitative estimate of drug-likeness (QED) is 0.686. The lowest BCUT2D eigenvalue weighted by Gasteiger charge is -2.19. The number of nitrogens with zero attached hydrogens (tertiary/aromatic N) is 7. The summed E-state index contributed by atoms with van der Waals surface area (Å²) < 4.78 is 4.03. The normalized spacial score (nSPS) is 12.5. The van der Waals surface area contributed by atoms with Crippen LogP contribution in [0.3, 0.4) is 0 Å². The van der Waals surface area contributed by atoms with Crippen LogP contribution in [0.1, 0.15) is 46.5 Å². The fourth-order valence-corrected chi connectivity index (χ4v) is 3.55. The summed E-state index contributed by atoms with van der Waals surface area (Å²) >= 11 is 1.50. The second-order valence-corrected chi connectivity index (χ2v) is 7.69. The Morgan fingerprint density at radius 2 is 1.87 bits per heavy atom. The van der Waals surface area contributed by atoms with E-state index in [2.05, 4.69) is 64.4 Å². The predicted molar refractivity (Wildman–Crippen MR) is 89.6 cm³/mol. The number of rotatable bonds is 3. The molecule has 0 saturated carbocycles. The molecule has 122 valence electrons. The lowest BCUT2D eigenvalue weighted by molar-refractivity contribution is 0.366. The van der Waals surface area contributed by atoms with Gasteiger partial charge in [0.15, 0.2) is 10.8 Å². The molecule has 0 fully saturated rings. The van der Waals surface area contributed by atoms with E-state index in [1.54, 1.807) is 6.33 Å². The third-order valence-electron chi connectivity index (χ3n) is 3.50. The monoisotopic (exact) mass is 331 g/mol. The molecule has 0 amide bonds. The highest BCUT2D eigenvalue weighted by Gasteiger charge is 2.21. The molecule has 3 aromatic heterocycles. The molecule has 0 atom stereocenters. The van der Waals surface area contributed by atoms with E-state index >= 15 is 0 Å². The largest absolute Gasteiger partial charge is 0.303 e. The molecule has 0 unspecified atom stereocenters. The maximum absolute atomic E-state index is 4.49. The first kappa shape index (κ1) is 15.9. The second kappa shape index (κ2) is 5.59. The summed E-state index contributed by atoms with van der Waals surface area (Å²) in [7, 11) is 0. The zero-order valence-electron chi connectivity index (χ0n) is 14.3. The summed E-state index contributed by atoms with van der Waals surface area (Å²) in [4.78, 5) is 8.83. The molecule has 23 heavy (non-hydrogen) atoms. The molecule has 3 rings (SSSR count). The van der Waals surface area contributed by atoms with Crippen LogP contribution in [-0.4, -0.2) is 34.5 Å². The minimum Gasteiger partial charge on any atom is -0.303 e.